The SMILES string of the molecule is Cc1ccc(N2C(=O)C(Oc3ccccc3)C2c2ccccc2Cl)cc1C. The maximum absolute atomic E-state index is 13.0. The van der Waals surface area contributed by atoms with Gasteiger partial charge < -0.3 is 4.74 Å². The van der Waals surface area contributed by atoms with E-state index in [0.29, 0.717) is 10.8 Å². The number of benzene rings is 3. The van der Waals surface area contributed by atoms with Crippen LogP contribution in [0.4, 0.5) is 5.69 Å². The number of halogens is 1. The van der Waals surface area contributed by atoms with Crippen LogP contribution in [0.1, 0.15) is 22.7 Å². The van der Waals surface area contributed by atoms with Crippen LogP contribution in [0.15, 0.2) is 72.8 Å². The summed E-state index contributed by atoms with van der Waals surface area (Å²) in [6.45, 7) is 4.11. The Bertz CT molecular complexity index is 987. The van der Waals surface area contributed by atoms with Gasteiger partial charge in [0.2, 0.25) is 6.10 Å². The van der Waals surface area contributed by atoms with Gasteiger partial charge in [0, 0.05) is 10.7 Å². The summed E-state index contributed by atoms with van der Waals surface area (Å²) in [7, 11) is 0. The van der Waals surface area contributed by atoms with Gasteiger partial charge >= 0.3 is 0 Å². The first-order chi connectivity index (χ1) is 13.1. The van der Waals surface area contributed by atoms with Crippen molar-refractivity contribution in [2.75, 3.05) is 4.90 Å². The number of ether oxygens (including phenoxy) is 1. The molecule has 0 bridgehead atoms. The lowest BCUT2D eigenvalue weighted by Crippen LogP contribution is -2.61. The highest BCUT2D eigenvalue weighted by Gasteiger charge is 2.51. The van der Waals surface area contributed by atoms with E-state index in [4.69, 9.17) is 16.3 Å². The van der Waals surface area contributed by atoms with Gasteiger partial charge in [-0.25, -0.2) is 0 Å². The van der Waals surface area contributed by atoms with E-state index < -0.39 is 6.10 Å². The maximum atomic E-state index is 13.0. The second kappa shape index (κ2) is 7.09. The lowest BCUT2D eigenvalue weighted by atomic mass is 9.89. The number of para-hydroxylation sites is 1. The number of hydrogen-bond acceptors (Lipinski definition) is 2. The molecule has 0 aromatic heterocycles. The topological polar surface area (TPSA) is 29.5 Å². The molecule has 3 nitrogen and oxygen atoms in total. The minimum Gasteiger partial charge on any atom is -0.478 e. The molecule has 0 saturated carbocycles. The van der Waals surface area contributed by atoms with Crippen molar-refractivity contribution in [3.63, 3.8) is 0 Å². The van der Waals surface area contributed by atoms with Gasteiger partial charge in [0.25, 0.3) is 5.91 Å². The Kier molecular flexibility index (Phi) is 4.63. The van der Waals surface area contributed by atoms with E-state index in [-0.39, 0.29) is 11.9 Å². The molecule has 1 heterocycles. The molecule has 136 valence electrons. The standard InChI is InChI=1S/C23H20ClNO2/c1-15-12-13-17(14-16(15)2)25-21(19-10-6-7-11-20(19)24)22(23(25)26)27-18-8-4-3-5-9-18/h3-14,21-22H,1-2H3. The van der Waals surface area contributed by atoms with Gasteiger partial charge in [-0.2, -0.15) is 0 Å². The number of amides is 1. The van der Waals surface area contributed by atoms with Crippen molar-refractivity contribution in [2.45, 2.75) is 26.0 Å². The van der Waals surface area contributed by atoms with E-state index in [1.165, 1.54) is 5.56 Å². The third kappa shape index (κ3) is 3.19. The molecule has 1 amide bonds. The Labute approximate surface area is 164 Å². The third-order valence-electron chi connectivity index (χ3n) is 5.04. The fourth-order valence-corrected chi connectivity index (χ4v) is 3.65. The average Bonchev–Trinajstić information content (AvgIpc) is 2.68. The number of nitrogens with zero attached hydrogens (tertiary/aromatic N) is 1. The normalized spacial score (nSPS) is 18.9. The fraction of sp³-hybridized carbons (Fsp3) is 0.174. The Morgan fingerprint density at radius 3 is 2.30 bits per heavy atom. The van der Waals surface area contributed by atoms with E-state index in [0.717, 1.165) is 16.8 Å². The summed E-state index contributed by atoms with van der Waals surface area (Å²) in [5.41, 5.74) is 4.09. The Morgan fingerprint density at radius 1 is 0.889 bits per heavy atom. The second-order valence-corrected chi connectivity index (χ2v) is 7.20. The highest BCUT2D eigenvalue weighted by atomic mass is 35.5. The highest BCUT2D eigenvalue weighted by Crippen LogP contribution is 2.43. The van der Waals surface area contributed by atoms with Gasteiger partial charge in [-0.1, -0.05) is 54.1 Å². The van der Waals surface area contributed by atoms with Crippen LogP contribution in [0.2, 0.25) is 5.02 Å². The molecule has 1 aliphatic rings. The van der Waals surface area contributed by atoms with Crippen LogP contribution in [0, 0.1) is 13.8 Å². The smallest absolute Gasteiger partial charge is 0.271 e. The average molecular weight is 378 g/mol. The first-order valence-electron chi connectivity index (χ1n) is 8.93. The van der Waals surface area contributed by atoms with Crippen molar-refractivity contribution < 1.29 is 9.53 Å². The quantitative estimate of drug-likeness (QED) is 0.562. The van der Waals surface area contributed by atoms with Crippen molar-refractivity contribution in [1.82, 2.24) is 0 Å². The largest absolute Gasteiger partial charge is 0.478 e. The van der Waals surface area contributed by atoms with E-state index in [1.807, 2.05) is 79.7 Å². The van der Waals surface area contributed by atoms with Crippen LogP contribution in [0.25, 0.3) is 0 Å². The molecule has 1 aliphatic heterocycles. The lowest BCUT2D eigenvalue weighted by Gasteiger charge is -2.47. The van der Waals surface area contributed by atoms with Crippen molar-refractivity contribution in [3.05, 3.63) is 94.5 Å². The van der Waals surface area contributed by atoms with Crippen molar-refractivity contribution >= 4 is 23.2 Å². The fourth-order valence-electron chi connectivity index (χ4n) is 3.40. The molecular formula is C23H20ClNO2. The number of rotatable bonds is 4. The Morgan fingerprint density at radius 2 is 1.59 bits per heavy atom. The lowest BCUT2D eigenvalue weighted by molar-refractivity contribution is -0.135. The number of carbonyl (C=O) groups is 1. The van der Waals surface area contributed by atoms with Gasteiger partial charge in [0.05, 0.1) is 0 Å². The van der Waals surface area contributed by atoms with E-state index in [1.54, 1.807) is 4.90 Å². The summed E-state index contributed by atoms with van der Waals surface area (Å²) >= 11 is 6.46. The predicted octanol–water partition coefficient (Wildman–Crippen LogP) is 5.49. The molecule has 0 radical (unpaired) electrons. The summed E-state index contributed by atoms with van der Waals surface area (Å²) in [4.78, 5) is 14.8. The number of carbonyl (C=O) groups excluding carboxylic acids is 1. The molecule has 1 saturated heterocycles. The molecule has 27 heavy (non-hydrogen) atoms. The highest BCUT2D eigenvalue weighted by molar-refractivity contribution is 6.31. The van der Waals surface area contributed by atoms with Gasteiger partial charge in [-0.15, -0.1) is 0 Å². The number of anilines is 1. The molecule has 2 unspecified atom stereocenters. The van der Waals surface area contributed by atoms with Gasteiger partial charge in [-0.05, 0) is 60.9 Å². The molecule has 4 rings (SSSR count). The molecule has 0 spiro atoms. The molecule has 3 aromatic carbocycles. The van der Waals surface area contributed by atoms with Crippen LogP contribution in [-0.2, 0) is 4.79 Å². The Hall–Kier alpha value is -2.78. The third-order valence-corrected chi connectivity index (χ3v) is 5.39. The first kappa shape index (κ1) is 17.6. The first-order valence-corrected chi connectivity index (χ1v) is 9.30. The van der Waals surface area contributed by atoms with Crippen LogP contribution >= 0.6 is 11.6 Å². The summed E-state index contributed by atoms with van der Waals surface area (Å²) in [5, 5.41) is 0.630. The minimum atomic E-state index is -0.603. The monoisotopic (exact) mass is 377 g/mol. The number of aryl methyl sites for hydroxylation is 2. The molecule has 0 N–H and O–H groups in total. The van der Waals surface area contributed by atoms with Crippen LogP contribution < -0.4 is 9.64 Å². The van der Waals surface area contributed by atoms with Crippen molar-refractivity contribution in [3.8, 4) is 5.75 Å². The summed E-state index contributed by atoms with van der Waals surface area (Å²) < 4.78 is 6.04. The predicted molar refractivity (Wildman–Crippen MR) is 108 cm³/mol. The molecular weight excluding hydrogens is 358 g/mol. The molecule has 0 aliphatic carbocycles. The van der Waals surface area contributed by atoms with Gasteiger partial charge in [0.15, 0.2) is 0 Å². The zero-order chi connectivity index (χ0) is 19.0. The molecule has 2 atom stereocenters. The van der Waals surface area contributed by atoms with Crippen molar-refractivity contribution in [1.29, 1.82) is 0 Å². The summed E-state index contributed by atoms with van der Waals surface area (Å²) in [6, 6.07) is 22.8. The number of hydrogen-bond donors (Lipinski definition) is 0. The second-order valence-electron chi connectivity index (χ2n) is 6.79. The zero-order valence-corrected chi connectivity index (χ0v) is 16.0. The van der Waals surface area contributed by atoms with Gasteiger partial charge in [0.1, 0.15) is 11.8 Å². The summed E-state index contributed by atoms with van der Waals surface area (Å²) in [6.07, 6.45) is -0.603. The zero-order valence-electron chi connectivity index (χ0n) is 15.2. The number of β-lactam (4-membered cyclic amide) rings is 1. The van der Waals surface area contributed by atoms with Gasteiger partial charge in [-0.3, -0.25) is 9.69 Å². The van der Waals surface area contributed by atoms with Crippen molar-refractivity contribution in [2.24, 2.45) is 0 Å². The van der Waals surface area contributed by atoms with Crippen LogP contribution in [0.3, 0.4) is 0 Å². The van der Waals surface area contributed by atoms with Crippen LogP contribution in [0.5, 0.6) is 5.75 Å². The molecule has 4 heteroatoms. The maximum Gasteiger partial charge on any atom is 0.271 e. The van der Waals surface area contributed by atoms with E-state index in [9.17, 15) is 4.79 Å². The minimum absolute atomic E-state index is 0.0629. The molecule has 1 fully saturated rings. The van der Waals surface area contributed by atoms with E-state index in [2.05, 4.69) is 6.92 Å². The Balaban J connectivity index is 1.73. The van der Waals surface area contributed by atoms with E-state index >= 15 is 0 Å². The van der Waals surface area contributed by atoms with Crippen LogP contribution in [-0.4, -0.2) is 12.0 Å². The molecule has 3 aromatic rings. The summed E-state index contributed by atoms with van der Waals surface area (Å²) in [5.74, 6) is 0.611.